The molecule has 90 valence electrons. The number of benzene rings is 1. The SMILES string of the molecule is Fc1ccccc1Cn1cnc(-c2ccon2)n1. The molecule has 3 aromatic rings. The first-order valence-corrected chi connectivity index (χ1v) is 5.36. The third-order valence-corrected chi connectivity index (χ3v) is 2.49. The van der Waals surface area contributed by atoms with E-state index in [9.17, 15) is 4.39 Å². The van der Waals surface area contributed by atoms with Crippen molar-refractivity contribution in [1.29, 1.82) is 0 Å². The van der Waals surface area contributed by atoms with Crippen LogP contribution in [0.2, 0.25) is 0 Å². The van der Waals surface area contributed by atoms with Crippen LogP contribution in [-0.4, -0.2) is 19.9 Å². The highest BCUT2D eigenvalue weighted by Crippen LogP contribution is 2.12. The Hall–Kier alpha value is -2.50. The molecule has 2 heterocycles. The van der Waals surface area contributed by atoms with Crippen molar-refractivity contribution in [2.75, 3.05) is 0 Å². The van der Waals surface area contributed by atoms with Crippen LogP contribution in [0.25, 0.3) is 11.5 Å². The third kappa shape index (κ3) is 2.00. The lowest BCUT2D eigenvalue weighted by molar-refractivity contribution is 0.421. The van der Waals surface area contributed by atoms with Gasteiger partial charge in [0.25, 0.3) is 0 Å². The van der Waals surface area contributed by atoms with E-state index in [0.717, 1.165) is 0 Å². The van der Waals surface area contributed by atoms with Gasteiger partial charge in [0.1, 0.15) is 18.4 Å². The molecule has 0 spiro atoms. The second-order valence-corrected chi connectivity index (χ2v) is 3.74. The van der Waals surface area contributed by atoms with Crippen molar-refractivity contribution in [3.05, 3.63) is 54.3 Å². The highest BCUT2D eigenvalue weighted by Gasteiger charge is 2.08. The zero-order valence-electron chi connectivity index (χ0n) is 9.32. The molecule has 0 radical (unpaired) electrons. The van der Waals surface area contributed by atoms with E-state index in [4.69, 9.17) is 4.52 Å². The van der Waals surface area contributed by atoms with Gasteiger partial charge >= 0.3 is 0 Å². The summed E-state index contributed by atoms with van der Waals surface area (Å²) in [5.41, 5.74) is 1.12. The van der Waals surface area contributed by atoms with E-state index in [1.54, 1.807) is 28.9 Å². The van der Waals surface area contributed by atoms with Gasteiger partial charge in [0, 0.05) is 11.6 Å². The predicted octanol–water partition coefficient (Wildman–Crippen LogP) is 2.12. The van der Waals surface area contributed by atoms with Crippen molar-refractivity contribution >= 4 is 0 Å². The van der Waals surface area contributed by atoms with Gasteiger partial charge < -0.3 is 4.52 Å². The van der Waals surface area contributed by atoms with Gasteiger partial charge in [-0.05, 0) is 6.07 Å². The van der Waals surface area contributed by atoms with Gasteiger partial charge in [0.15, 0.2) is 5.69 Å². The molecule has 3 rings (SSSR count). The van der Waals surface area contributed by atoms with Gasteiger partial charge in [0.2, 0.25) is 5.82 Å². The summed E-state index contributed by atoms with van der Waals surface area (Å²) in [5, 5.41) is 7.94. The maximum absolute atomic E-state index is 13.5. The first-order chi connectivity index (χ1) is 8.83. The number of hydrogen-bond donors (Lipinski definition) is 0. The Morgan fingerprint density at radius 2 is 2.11 bits per heavy atom. The van der Waals surface area contributed by atoms with Gasteiger partial charge in [-0.25, -0.2) is 14.1 Å². The molecule has 0 N–H and O–H groups in total. The fraction of sp³-hybridized carbons (Fsp3) is 0.0833. The Balaban J connectivity index is 1.85. The number of halogens is 1. The average Bonchev–Trinajstić information content (AvgIpc) is 3.02. The standard InChI is InChI=1S/C12H9FN4O/c13-10-4-2-1-3-9(10)7-17-8-14-12(15-17)11-5-6-18-16-11/h1-6,8H,7H2. The molecule has 0 bridgehead atoms. The highest BCUT2D eigenvalue weighted by molar-refractivity contribution is 5.45. The van der Waals surface area contributed by atoms with Crippen molar-refractivity contribution in [2.24, 2.45) is 0 Å². The fourth-order valence-electron chi connectivity index (χ4n) is 1.62. The second-order valence-electron chi connectivity index (χ2n) is 3.74. The van der Waals surface area contributed by atoms with E-state index >= 15 is 0 Å². The minimum atomic E-state index is -0.254. The normalized spacial score (nSPS) is 10.7. The Bertz CT molecular complexity index is 648. The molecule has 0 aliphatic heterocycles. The van der Waals surface area contributed by atoms with Crippen LogP contribution in [0.5, 0.6) is 0 Å². The number of rotatable bonds is 3. The van der Waals surface area contributed by atoms with Crippen LogP contribution in [0.3, 0.4) is 0 Å². The lowest BCUT2D eigenvalue weighted by Gasteiger charge is -2.01. The number of aromatic nitrogens is 4. The second kappa shape index (κ2) is 4.40. The summed E-state index contributed by atoms with van der Waals surface area (Å²) in [6, 6.07) is 8.25. The summed E-state index contributed by atoms with van der Waals surface area (Å²) < 4.78 is 19.7. The lowest BCUT2D eigenvalue weighted by Crippen LogP contribution is -2.02. The minimum Gasteiger partial charge on any atom is -0.364 e. The first-order valence-electron chi connectivity index (χ1n) is 5.36. The lowest BCUT2D eigenvalue weighted by atomic mass is 10.2. The van der Waals surface area contributed by atoms with Crippen LogP contribution in [0.15, 0.2) is 47.4 Å². The fourth-order valence-corrected chi connectivity index (χ4v) is 1.62. The molecule has 0 aliphatic rings. The van der Waals surface area contributed by atoms with E-state index in [0.29, 0.717) is 23.6 Å². The molecule has 0 atom stereocenters. The molecule has 0 saturated heterocycles. The average molecular weight is 244 g/mol. The molecule has 0 aliphatic carbocycles. The third-order valence-electron chi connectivity index (χ3n) is 2.49. The molecule has 2 aromatic heterocycles. The van der Waals surface area contributed by atoms with Crippen molar-refractivity contribution in [1.82, 2.24) is 19.9 Å². The molecule has 5 nitrogen and oxygen atoms in total. The first kappa shape index (κ1) is 10.6. The van der Waals surface area contributed by atoms with Crippen LogP contribution >= 0.6 is 0 Å². The monoisotopic (exact) mass is 244 g/mol. The molecule has 0 saturated carbocycles. The van der Waals surface area contributed by atoms with Gasteiger partial charge in [-0.15, -0.1) is 5.10 Å². The Kier molecular flexibility index (Phi) is 2.60. The topological polar surface area (TPSA) is 56.7 Å². The quantitative estimate of drug-likeness (QED) is 0.708. The summed E-state index contributed by atoms with van der Waals surface area (Å²) in [7, 11) is 0. The molecule has 0 unspecified atom stereocenters. The van der Waals surface area contributed by atoms with Crippen molar-refractivity contribution in [3.8, 4) is 11.5 Å². The van der Waals surface area contributed by atoms with Crippen LogP contribution in [-0.2, 0) is 6.54 Å². The van der Waals surface area contributed by atoms with Gasteiger partial charge in [-0.3, -0.25) is 0 Å². The summed E-state index contributed by atoms with van der Waals surface area (Å²) in [6.45, 7) is 0.331. The van der Waals surface area contributed by atoms with E-state index < -0.39 is 0 Å². The van der Waals surface area contributed by atoms with E-state index in [1.807, 2.05) is 0 Å². The Morgan fingerprint density at radius 1 is 1.22 bits per heavy atom. The molecular formula is C12H9FN4O. The molecule has 18 heavy (non-hydrogen) atoms. The zero-order chi connectivity index (χ0) is 12.4. The summed E-state index contributed by atoms with van der Waals surface area (Å²) >= 11 is 0. The zero-order valence-corrected chi connectivity index (χ0v) is 9.32. The van der Waals surface area contributed by atoms with Crippen molar-refractivity contribution in [3.63, 3.8) is 0 Å². The van der Waals surface area contributed by atoms with Gasteiger partial charge in [0.05, 0.1) is 6.54 Å². The summed E-state index contributed by atoms with van der Waals surface area (Å²) in [4.78, 5) is 4.09. The van der Waals surface area contributed by atoms with E-state index in [1.165, 1.54) is 18.7 Å². The molecular weight excluding hydrogens is 235 g/mol. The maximum Gasteiger partial charge on any atom is 0.203 e. The largest absolute Gasteiger partial charge is 0.364 e. The van der Waals surface area contributed by atoms with Crippen molar-refractivity contribution < 1.29 is 8.91 Å². The summed E-state index contributed by atoms with van der Waals surface area (Å²) in [6.07, 6.45) is 2.99. The van der Waals surface area contributed by atoms with Crippen LogP contribution < -0.4 is 0 Å². The summed E-state index contributed by atoms with van der Waals surface area (Å²) in [5.74, 6) is 0.205. The van der Waals surface area contributed by atoms with Crippen LogP contribution in [0.4, 0.5) is 4.39 Å². The van der Waals surface area contributed by atoms with Crippen LogP contribution in [0.1, 0.15) is 5.56 Å². The van der Waals surface area contributed by atoms with Gasteiger partial charge in [-0.1, -0.05) is 23.4 Å². The number of nitrogens with zero attached hydrogens (tertiary/aromatic N) is 4. The van der Waals surface area contributed by atoms with E-state index in [-0.39, 0.29) is 5.82 Å². The smallest absolute Gasteiger partial charge is 0.203 e. The van der Waals surface area contributed by atoms with Gasteiger partial charge in [-0.2, -0.15) is 0 Å². The minimum absolute atomic E-state index is 0.254. The van der Waals surface area contributed by atoms with E-state index in [2.05, 4.69) is 15.2 Å². The Labute approximate surface area is 102 Å². The van der Waals surface area contributed by atoms with Crippen LogP contribution in [0, 0.1) is 5.82 Å². The molecule has 0 amide bonds. The molecule has 0 fully saturated rings. The maximum atomic E-state index is 13.5. The highest BCUT2D eigenvalue weighted by atomic mass is 19.1. The Morgan fingerprint density at radius 3 is 2.89 bits per heavy atom. The number of hydrogen-bond acceptors (Lipinski definition) is 4. The molecule has 1 aromatic carbocycles. The predicted molar refractivity (Wildman–Crippen MR) is 61.0 cm³/mol. The van der Waals surface area contributed by atoms with Crippen molar-refractivity contribution in [2.45, 2.75) is 6.54 Å². The molecule has 6 heteroatoms.